The molecule has 0 amide bonds. The lowest BCUT2D eigenvalue weighted by molar-refractivity contribution is -0.147. The predicted molar refractivity (Wildman–Crippen MR) is 69.0 cm³/mol. The quantitative estimate of drug-likeness (QED) is 0.829. The molecule has 4 bridgehead atoms. The van der Waals surface area contributed by atoms with Gasteiger partial charge in [-0.3, -0.25) is 4.79 Å². The van der Waals surface area contributed by atoms with Gasteiger partial charge in [-0.15, -0.1) is 0 Å². The summed E-state index contributed by atoms with van der Waals surface area (Å²) >= 11 is 0. The van der Waals surface area contributed by atoms with Crippen molar-refractivity contribution in [3.05, 3.63) is 0 Å². The van der Waals surface area contributed by atoms with Crippen molar-refractivity contribution in [2.45, 2.75) is 51.4 Å². The van der Waals surface area contributed by atoms with Gasteiger partial charge in [0.1, 0.15) is 0 Å². The highest BCUT2D eigenvalue weighted by Crippen LogP contribution is 2.58. The SMILES string of the molecule is O=C(O)C1CC(CC2C3CC4CC(C3)CC2C4)C1. The highest BCUT2D eigenvalue weighted by atomic mass is 16.4. The van der Waals surface area contributed by atoms with Crippen molar-refractivity contribution in [1.29, 1.82) is 0 Å². The van der Waals surface area contributed by atoms with Gasteiger partial charge in [-0.2, -0.15) is 0 Å². The monoisotopic (exact) mass is 248 g/mol. The second-order valence-corrected chi connectivity index (χ2v) is 7.70. The number of hydrogen-bond acceptors (Lipinski definition) is 1. The van der Waals surface area contributed by atoms with E-state index in [4.69, 9.17) is 5.11 Å². The summed E-state index contributed by atoms with van der Waals surface area (Å²) in [5.41, 5.74) is 0. The van der Waals surface area contributed by atoms with Gasteiger partial charge in [0.25, 0.3) is 0 Å². The van der Waals surface area contributed by atoms with E-state index >= 15 is 0 Å². The van der Waals surface area contributed by atoms with E-state index in [-0.39, 0.29) is 5.92 Å². The molecule has 0 aliphatic heterocycles. The maximum absolute atomic E-state index is 10.9. The fourth-order valence-corrected chi connectivity index (χ4v) is 5.94. The summed E-state index contributed by atoms with van der Waals surface area (Å²) in [4.78, 5) is 10.9. The molecule has 2 heteroatoms. The van der Waals surface area contributed by atoms with Crippen LogP contribution in [0.1, 0.15) is 51.4 Å². The minimum Gasteiger partial charge on any atom is -0.481 e. The smallest absolute Gasteiger partial charge is 0.306 e. The van der Waals surface area contributed by atoms with Gasteiger partial charge < -0.3 is 5.11 Å². The molecule has 0 aromatic rings. The average Bonchev–Trinajstić information content (AvgIpc) is 2.23. The number of rotatable bonds is 3. The number of carboxylic acids is 1. The van der Waals surface area contributed by atoms with Crippen molar-refractivity contribution in [3.63, 3.8) is 0 Å². The van der Waals surface area contributed by atoms with E-state index < -0.39 is 5.97 Å². The van der Waals surface area contributed by atoms with Crippen LogP contribution in [0.3, 0.4) is 0 Å². The predicted octanol–water partition coefficient (Wildman–Crippen LogP) is 3.56. The highest BCUT2D eigenvalue weighted by Gasteiger charge is 2.49. The Bertz CT molecular complexity index is 328. The molecular formula is C16H24O2. The molecular weight excluding hydrogens is 224 g/mol. The van der Waals surface area contributed by atoms with Crippen LogP contribution in [0.4, 0.5) is 0 Å². The number of carboxylic acid groups (broad SMARTS) is 1. The second-order valence-electron chi connectivity index (χ2n) is 7.70. The Balaban J connectivity index is 1.37. The Kier molecular flexibility index (Phi) is 2.50. The summed E-state index contributed by atoms with van der Waals surface area (Å²) in [6, 6.07) is 0. The molecule has 0 aromatic carbocycles. The normalized spacial score (nSPS) is 53.2. The summed E-state index contributed by atoms with van der Waals surface area (Å²) in [6.07, 6.45) is 10.9. The molecule has 0 aromatic heterocycles. The van der Waals surface area contributed by atoms with E-state index in [9.17, 15) is 4.79 Å². The first-order valence-corrected chi connectivity index (χ1v) is 7.92. The lowest BCUT2D eigenvalue weighted by Gasteiger charge is -2.55. The van der Waals surface area contributed by atoms with Gasteiger partial charge in [0.2, 0.25) is 0 Å². The van der Waals surface area contributed by atoms with Crippen LogP contribution >= 0.6 is 0 Å². The van der Waals surface area contributed by atoms with Gasteiger partial charge >= 0.3 is 5.97 Å². The third-order valence-corrected chi connectivity index (χ3v) is 6.61. The standard InChI is InChI=1S/C16H24O2/c17-16(18)14-6-11(7-14)8-15-12-2-9-1-10(4-12)5-13(15)3-9/h9-15H,1-8H2,(H,17,18). The van der Waals surface area contributed by atoms with Gasteiger partial charge in [-0.1, -0.05) is 0 Å². The van der Waals surface area contributed by atoms with Crippen LogP contribution in [0.15, 0.2) is 0 Å². The second kappa shape index (κ2) is 3.98. The Labute approximate surface area is 109 Å². The summed E-state index contributed by atoms with van der Waals surface area (Å²) in [5.74, 6) is 5.32. The molecule has 5 fully saturated rings. The van der Waals surface area contributed by atoms with Gasteiger partial charge in [0.15, 0.2) is 0 Å². The first-order valence-electron chi connectivity index (χ1n) is 7.92. The van der Waals surface area contributed by atoms with Crippen LogP contribution in [-0.4, -0.2) is 11.1 Å². The molecule has 0 radical (unpaired) electrons. The molecule has 100 valence electrons. The van der Waals surface area contributed by atoms with Gasteiger partial charge in [-0.25, -0.2) is 0 Å². The molecule has 18 heavy (non-hydrogen) atoms. The van der Waals surface area contributed by atoms with E-state index in [0.717, 1.165) is 48.3 Å². The Morgan fingerprint density at radius 3 is 1.94 bits per heavy atom. The van der Waals surface area contributed by atoms with Crippen molar-refractivity contribution in [2.24, 2.45) is 41.4 Å². The molecule has 0 atom stereocenters. The van der Waals surface area contributed by atoms with E-state index in [0.29, 0.717) is 0 Å². The molecule has 5 saturated carbocycles. The average molecular weight is 248 g/mol. The van der Waals surface area contributed by atoms with Gasteiger partial charge in [0.05, 0.1) is 5.92 Å². The van der Waals surface area contributed by atoms with Crippen molar-refractivity contribution >= 4 is 5.97 Å². The molecule has 0 heterocycles. The molecule has 5 rings (SSSR count). The third-order valence-electron chi connectivity index (χ3n) is 6.61. The third kappa shape index (κ3) is 1.71. The molecule has 1 N–H and O–H groups in total. The van der Waals surface area contributed by atoms with Crippen molar-refractivity contribution < 1.29 is 9.90 Å². The fraction of sp³-hybridized carbons (Fsp3) is 0.938. The highest BCUT2D eigenvalue weighted by molar-refractivity contribution is 5.71. The Morgan fingerprint density at radius 2 is 1.44 bits per heavy atom. The van der Waals surface area contributed by atoms with E-state index in [2.05, 4.69) is 0 Å². The first kappa shape index (κ1) is 11.3. The maximum atomic E-state index is 10.9. The van der Waals surface area contributed by atoms with Gasteiger partial charge in [0, 0.05) is 0 Å². The molecule has 2 nitrogen and oxygen atoms in total. The maximum Gasteiger partial charge on any atom is 0.306 e. The molecule has 0 unspecified atom stereocenters. The van der Waals surface area contributed by atoms with Crippen LogP contribution in [0, 0.1) is 41.4 Å². The van der Waals surface area contributed by atoms with E-state index in [1.807, 2.05) is 0 Å². The van der Waals surface area contributed by atoms with Crippen molar-refractivity contribution in [1.82, 2.24) is 0 Å². The summed E-state index contributed by atoms with van der Waals surface area (Å²) in [7, 11) is 0. The minimum absolute atomic E-state index is 0.00756. The molecule has 0 saturated heterocycles. The van der Waals surface area contributed by atoms with Crippen LogP contribution in [-0.2, 0) is 4.79 Å². The van der Waals surface area contributed by atoms with Crippen molar-refractivity contribution in [3.8, 4) is 0 Å². The fourth-order valence-electron chi connectivity index (χ4n) is 5.94. The summed E-state index contributed by atoms with van der Waals surface area (Å²) in [5, 5.41) is 8.96. The zero-order chi connectivity index (χ0) is 12.3. The lowest BCUT2D eigenvalue weighted by Crippen LogP contribution is -2.46. The Hall–Kier alpha value is -0.530. The Morgan fingerprint density at radius 1 is 0.889 bits per heavy atom. The van der Waals surface area contributed by atoms with Crippen LogP contribution in [0.5, 0.6) is 0 Å². The zero-order valence-corrected chi connectivity index (χ0v) is 11.1. The zero-order valence-electron chi connectivity index (χ0n) is 11.1. The minimum atomic E-state index is -0.559. The van der Waals surface area contributed by atoms with Crippen LogP contribution in [0.2, 0.25) is 0 Å². The first-order chi connectivity index (χ1) is 8.69. The van der Waals surface area contributed by atoms with Crippen molar-refractivity contribution in [2.75, 3.05) is 0 Å². The lowest BCUT2D eigenvalue weighted by atomic mass is 9.50. The molecule has 5 aliphatic rings. The topological polar surface area (TPSA) is 37.3 Å². The molecule has 5 aliphatic carbocycles. The van der Waals surface area contributed by atoms with Gasteiger partial charge in [-0.05, 0) is 86.9 Å². The van der Waals surface area contributed by atoms with Crippen LogP contribution in [0.25, 0.3) is 0 Å². The van der Waals surface area contributed by atoms with E-state index in [1.165, 1.54) is 38.5 Å². The number of aliphatic carboxylic acids is 1. The molecule has 0 spiro atoms. The number of hydrogen-bond donors (Lipinski definition) is 1. The largest absolute Gasteiger partial charge is 0.481 e. The van der Waals surface area contributed by atoms with E-state index in [1.54, 1.807) is 0 Å². The number of carbonyl (C=O) groups is 1. The summed E-state index contributed by atoms with van der Waals surface area (Å²) in [6.45, 7) is 0. The van der Waals surface area contributed by atoms with Crippen LogP contribution < -0.4 is 0 Å². The summed E-state index contributed by atoms with van der Waals surface area (Å²) < 4.78 is 0.